The fourth-order valence-corrected chi connectivity index (χ4v) is 1.23. The summed E-state index contributed by atoms with van der Waals surface area (Å²) in [4.78, 5) is 6.36. The minimum Gasteiger partial charge on any atom is -0.433 e. The molecule has 0 aliphatic heterocycles. The first-order valence-electron chi connectivity index (χ1n) is 4.89. The molecular formula is C11H5F5N2O. The van der Waals surface area contributed by atoms with Gasteiger partial charge in [0.2, 0.25) is 11.6 Å². The second kappa shape index (κ2) is 4.79. The molecule has 0 atom stereocenters. The monoisotopic (exact) mass is 276 g/mol. The fourth-order valence-electron chi connectivity index (χ4n) is 1.23. The molecule has 2 rings (SSSR count). The summed E-state index contributed by atoms with van der Waals surface area (Å²) in [6, 6.07) is 3.36. The Morgan fingerprint density at radius 3 is 2.21 bits per heavy atom. The number of ether oxygens (including phenoxy) is 1. The minimum atomic E-state index is -4.70. The van der Waals surface area contributed by atoms with Crippen LogP contribution in [0.15, 0.2) is 30.6 Å². The van der Waals surface area contributed by atoms with Crippen molar-refractivity contribution in [3.05, 3.63) is 47.9 Å². The van der Waals surface area contributed by atoms with Crippen molar-refractivity contribution in [1.82, 2.24) is 9.97 Å². The van der Waals surface area contributed by atoms with E-state index in [0.717, 1.165) is 18.2 Å². The van der Waals surface area contributed by atoms with Crippen LogP contribution in [0.3, 0.4) is 0 Å². The van der Waals surface area contributed by atoms with Gasteiger partial charge in [-0.3, -0.25) is 0 Å². The number of aromatic nitrogens is 2. The standard InChI is InChI=1S/C11H5F5N2O/c12-6-2-1-3-7(13)10(6)19-9-4-8(11(14,15)16)17-5-18-9/h1-5H. The van der Waals surface area contributed by atoms with E-state index in [0.29, 0.717) is 12.4 Å². The van der Waals surface area contributed by atoms with E-state index in [1.807, 2.05) is 0 Å². The van der Waals surface area contributed by atoms with E-state index in [1.54, 1.807) is 0 Å². The molecule has 0 unspecified atom stereocenters. The highest BCUT2D eigenvalue weighted by Gasteiger charge is 2.33. The van der Waals surface area contributed by atoms with E-state index < -0.39 is 35.1 Å². The van der Waals surface area contributed by atoms with E-state index in [2.05, 4.69) is 14.7 Å². The van der Waals surface area contributed by atoms with Crippen molar-refractivity contribution < 1.29 is 26.7 Å². The van der Waals surface area contributed by atoms with Crippen molar-refractivity contribution in [3.63, 3.8) is 0 Å². The van der Waals surface area contributed by atoms with Gasteiger partial charge in [-0.2, -0.15) is 13.2 Å². The summed E-state index contributed by atoms with van der Waals surface area (Å²) in [6.45, 7) is 0. The third-order valence-electron chi connectivity index (χ3n) is 2.06. The van der Waals surface area contributed by atoms with Gasteiger partial charge in [0.25, 0.3) is 0 Å². The Labute approximate surface area is 103 Å². The molecule has 0 amide bonds. The van der Waals surface area contributed by atoms with Crippen molar-refractivity contribution in [2.24, 2.45) is 0 Å². The van der Waals surface area contributed by atoms with Gasteiger partial charge in [-0.1, -0.05) is 6.07 Å². The van der Waals surface area contributed by atoms with Gasteiger partial charge < -0.3 is 4.74 Å². The first kappa shape index (κ1) is 13.2. The average molecular weight is 276 g/mol. The number of nitrogens with zero attached hydrogens (tertiary/aromatic N) is 2. The highest BCUT2D eigenvalue weighted by Crippen LogP contribution is 2.31. The van der Waals surface area contributed by atoms with Crippen molar-refractivity contribution >= 4 is 0 Å². The zero-order chi connectivity index (χ0) is 14.0. The molecule has 1 aromatic carbocycles. The van der Waals surface area contributed by atoms with E-state index in [-0.39, 0.29) is 0 Å². The van der Waals surface area contributed by atoms with Crippen LogP contribution >= 0.6 is 0 Å². The van der Waals surface area contributed by atoms with Crippen LogP contribution in [0.4, 0.5) is 22.0 Å². The summed E-state index contributed by atoms with van der Waals surface area (Å²) in [7, 11) is 0. The molecule has 0 bridgehead atoms. The normalized spacial score (nSPS) is 11.4. The van der Waals surface area contributed by atoms with Crippen LogP contribution in [0.2, 0.25) is 0 Å². The first-order chi connectivity index (χ1) is 8.88. The average Bonchev–Trinajstić information content (AvgIpc) is 2.33. The number of halogens is 5. The lowest BCUT2D eigenvalue weighted by atomic mass is 10.3. The lowest BCUT2D eigenvalue weighted by Gasteiger charge is -2.09. The summed E-state index contributed by atoms with van der Waals surface area (Å²) in [5.41, 5.74) is -1.27. The van der Waals surface area contributed by atoms with Crippen molar-refractivity contribution in [2.75, 3.05) is 0 Å². The molecule has 2 aromatic rings. The highest BCUT2D eigenvalue weighted by atomic mass is 19.4. The molecule has 0 N–H and O–H groups in total. The van der Waals surface area contributed by atoms with Gasteiger partial charge >= 0.3 is 6.18 Å². The van der Waals surface area contributed by atoms with Gasteiger partial charge in [-0.15, -0.1) is 0 Å². The highest BCUT2D eigenvalue weighted by molar-refractivity contribution is 5.30. The smallest absolute Gasteiger partial charge is 0.433 e. The molecule has 1 aromatic heterocycles. The third kappa shape index (κ3) is 2.95. The van der Waals surface area contributed by atoms with Gasteiger partial charge in [-0.05, 0) is 12.1 Å². The molecule has 19 heavy (non-hydrogen) atoms. The Morgan fingerprint density at radius 1 is 1.00 bits per heavy atom. The van der Waals surface area contributed by atoms with Crippen LogP contribution in [0.25, 0.3) is 0 Å². The van der Waals surface area contributed by atoms with Crippen LogP contribution < -0.4 is 4.74 Å². The Balaban J connectivity index is 2.34. The number of hydrogen-bond acceptors (Lipinski definition) is 3. The van der Waals surface area contributed by atoms with Gasteiger partial charge in [-0.25, -0.2) is 18.7 Å². The molecule has 3 nitrogen and oxygen atoms in total. The van der Waals surface area contributed by atoms with Crippen molar-refractivity contribution in [3.8, 4) is 11.6 Å². The van der Waals surface area contributed by atoms with Crippen molar-refractivity contribution in [1.29, 1.82) is 0 Å². The number of alkyl halides is 3. The molecule has 0 spiro atoms. The Hall–Kier alpha value is -2.25. The lowest BCUT2D eigenvalue weighted by molar-refractivity contribution is -0.141. The third-order valence-corrected chi connectivity index (χ3v) is 2.06. The van der Waals surface area contributed by atoms with Crippen LogP contribution in [-0.2, 0) is 6.18 Å². The van der Waals surface area contributed by atoms with Gasteiger partial charge in [0.15, 0.2) is 17.3 Å². The van der Waals surface area contributed by atoms with E-state index in [9.17, 15) is 22.0 Å². The molecule has 100 valence electrons. The summed E-state index contributed by atoms with van der Waals surface area (Å²) in [5, 5.41) is 0. The molecule has 0 saturated carbocycles. The Morgan fingerprint density at radius 2 is 1.63 bits per heavy atom. The zero-order valence-electron chi connectivity index (χ0n) is 9.08. The zero-order valence-corrected chi connectivity index (χ0v) is 9.08. The number of hydrogen-bond donors (Lipinski definition) is 0. The fraction of sp³-hybridized carbons (Fsp3) is 0.0909. The topological polar surface area (TPSA) is 35.0 Å². The molecule has 0 aliphatic carbocycles. The first-order valence-corrected chi connectivity index (χ1v) is 4.89. The maximum absolute atomic E-state index is 13.2. The molecule has 8 heteroatoms. The summed E-state index contributed by atoms with van der Waals surface area (Å²) in [5.74, 6) is -3.53. The molecule has 0 radical (unpaired) electrons. The lowest BCUT2D eigenvalue weighted by Crippen LogP contribution is -2.08. The Kier molecular flexibility index (Phi) is 3.32. The summed E-state index contributed by atoms with van der Waals surface area (Å²) >= 11 is 0. The number of benzene rings is 1. The quantitative estimate of drug-likeness (QED) is 0.786. The van der Waals surface area contributed by atoms with Crippen molar-refractivity contribution in [2.45, 2.75) is 6.18 Å². The molecular weight excluding hydrogens is 271 g/mol. The summed E-state index contributed by atoms with van der Waals surface area (Å²) < 4.78 is 68.3. The SMILES string of the molecule is Fc1cccc(F)c1Oc1cc(C(F)(F)F)ncn1. The number of para-hydroxylation sites is 1. The molecule has 1 heterocycles. The second-order valence-electron chi connectivity index (χ2n) is 3.39. The predicted molar refractivity (Wildman–Crippen MR) is 53.5 cm³/mol. The Bertz CT molecular complexity index is 580. The van der Waals surface area contributed by atoms with E-state index >= 15 is 0 Å². The van der Waals surface area contributed by atoms with Gasteiger partial charge in [0.1, 0.15) is 6.33 Å². The van der Waals surface area contributed by atoms with Crippen LogP contribution in [0.1, 0.15) is 5.69 Å². The second-order valence-corrected chi connectivity index (χ2v) is 3.39. The van der Waals surface area contributed by atoms with E-state index in [4.69, 9.17) is 0 Å². The van der Waals surface area contributed by atoms with E-state index in [1.165, 1.54) is 0 Å². The predicted octanol–water partition coefficient (Wildman–Crippen LogP) is 3.57. The van der Waals surface area contributed by atoms with Gasteiger partial charge in [0.05, 0.1) is 0 Å². The number of rotatable bonds is 2. The van der Waals surface area contributed by atoms with Crippen LogP contribution in [0.5, 0.6) is 11.6 Å². The minimum absolute atomic E-state index is 0.450. The largest absolute Gasteiger partial charge is 0.433 e. The maximum Gasteiger partial charge on any atom is 0.433 e. The van der Waals surface area contributed by atoms with Crippen LogP contribution in [-0.4, -0.2) is 9.97 Å². The van der Waals surface area contributed by atoms with Gasteiger partial charge in [0, 0.05) is 6.07 Å². The molecule has 0 fully saturated rings. The molecule has 0 saturated heterocycles. The summed E-state index contributed by atoms with van der Waals surface area (Å²) in [6.07, 6.45) is -4.11. The van der Waals surface area contributed by atoms with Crippen LogP contribution in [0, 0.1) is 11.6 Å². The molecule has 0 aliphatic rings. The maximum atomic E-state index is 13.2.